The third-order valence-electron chi connectivity index (χ3n) is 5.19. The molecule has 0 aromatic carbocycles. The van der Waals surface area contributed by atoms with Crippen LogP contribution in [0.5, 0.6) is 0 Å². The van der Waals surface area contributed by atoms with E-state index in [-0.39, 0.29) is 30.7 Å². The number of hydrogen-bond donors (Lipinski definition) is 1. The number of carboxylic acid groups (broad SMARTS) is 1. The Kier molecular flexibility index (Phi) is 9.12. The number of hydrogen-bond acceptors (Lipinski definition) is 5. The van der Waals surface area contributed by atoms with Gasteiger partial charge in [-0.1, -0.05) is 12.2 Å². The van der Waals surface area contributed by atoms with Gasteiger partial charge in [-0.2, -0.15) is 0 Å². The summed E-state index contributed by atoms with van der Waals surface area (Å²) in [6.45, 7) is 2.87. The highest BCUT2D eigenvalue weighted by molar-refractivity contribution is 5.66. The molecule has 0 bridgehead atoms. The topological polar surface area (TPSA) is 82.1 Å². The maximum atomic E-state index is 11.4. The second-order valence-electron chi connectivity index (χ2n) is 7.27. The van der Waals surface area contributed by atoms with Crippen LogP contribution < -0.4 is 0 Å². The number of allylic oxidation sites excluding steroid dienone is 2. The van der Waals surface area contributed by atoms with Crippen LogP contribution in [0.2, 0.25) is 0 Å². The molecule has 1 N–H and O–H groups in total. The lowest BCUT2D eigenvalue weighted by Gasteiger charge is -2.27. The lowest BCUT2D eigenvalue weighted by Crippen LogP contribution is -2.29. The number of unbranched alkanes of at least 4 members (excludes halogenated alkanes) is 1. The van der Waals surface area contributed by atoms with Gasteiger partial charge in [0.15, 0.2) is 6.29 Å². The molecule has 0 spiro atoms. The van der Waals surface area contributed by atoms with E-state index in [1.165, 1.54) is 6.92 Å². The van der Waals surface area contributed by atoms with Crippen molar-refractivity contribution in [1.29, 1.82) is 0 Å². The summed E-state index contributed by atoms with van der Waals surface area (Å²) in [4.78, 5) is 21.9. The zero-order valence-electron chi connectivity index (χ0n) is 15.7. The van der Waals surface area contributed by atoms with Gasteiger partial charge in [-0.15, -0.1) is 0 Å². The van der Waals surface area contributed by atoms with E-state index in [1.807, 2.05) is 6.08 Å². The van der Waals surface area contributed by atoms with E-state index in [0.717, 1.165) is 51.6 Å². The average Bonchev–Trinajstić information content (AvgIpc) is 2.98. The number of esters is 1. The van der Waals surface area contributed by atoms with Gasteiger partial charge in [-0.3, -0.25) is 9.59 Å². The molecule has 4 atom stereocenters. The molecule has 1 aliphatic heterocycles. The van der Waals surface area contributed by atoms with E-state index in [9.17, 15) is 9.59 Å². The molecular formula is C20H32O6. The van der Waals surface area contributed by atoms with Crippen molar-refractivity contribution >= 4 is 11.9 Å². The second-order valence-corrected chi connectivity index (χ2v) is 7.27. The zero-order valence-corrected chi connectivity index (χ0v) is 15.7. The fraction of sp³-hybridized carbons (Fsp3) is 0.800. The molecule has 6 nitrogen and oxygen atoms in total. The first-order valence-corrected chi connectivity index (χ1v) is 9.83. The van der Waals surface area contributed by atoms with Gasteiger partial charge in [0.25, 0.3) is 0 Å². The Hall–Kier alpha value is -1.40. The summed E-state index contributed by atoms with van der Waals surface area (Å²) < 4.78 is 17.1. The van der Waals surface area contributed by atoms with Crippen LogP contribution in [0.1, 0.15) is 64.7 Å². The van der Waals surface area contributed by atoms with Gasteiger partial charge in [0.2, 0.25) is 0 Å². The Bertz CT molecular complexity index is 469. The van der Waals surface area contributed by atoms with Crippen LogP contribution in [0.25, 0.3) is 0 Å². The summed E-state index contributed by atoms with van der Waals surface area (Å²) in [6.07, 6.45) is 11.5. The first kappa shape index (κ1) is 20.9. The predicted molar refractivity (Wildman–Crippen MR) is 96.6 cm³/mol. The predicted octanol–water partition coefficient (Wildman–Crippen LogP) is 3.69. The fourth-order valence-corrected chi connectivity index (χ4v) is 3.84. The minimum absolute atomic E-state index is 0.0583. The van der Waals surface area contributed by atoms with E-state index < -0.39 is 5.97 Å². The number of carboxylic acids is 1. The van der Waals surface area contributed by atoms with Crippen LogP contribution in [0.15, 0.2) is 12.2 Å². The number of carbonyl (C=O) groups excluding carboxylic acids is 1. The minimum atomic E-state index is -0.758. The fourth-order valence-electron chi connectivity index (χ4n) is 3.84. The van der Waals surface area contributed by atoms with Gasteiger partial charge in [0.1, 0.15) is 6.10 Å². The lowest BCUT2D eigenvalue weighted by molar-refractivity contribution is -0.172. The van der Waals surface area contributed by atoms with Gasteiger partial charge in [-0.05, 0) is 57.3 Å². The molecular weight excluding hydrogens is 336 g/mol. The molecule has 0 amide bonds. The maximum absolute atomic E-state index is 11.4. The van der Waals surface area contributed by atoms with Crippen LogP contribution in [-0.4, -0.2) is 42.7 Å². The zero-order chi connectivity index (χ0) is 18.8. The third-order valence-corrected chi connectivity index (χ3v) is 5.19. The molecule has 1 aliphatic carbocycles. The summed E-state index contributed by atoms with van der Waals surface area (Å²) in [5, 5.41) is 8.67. The first-order valence-electron chi connectivity index (χ1n) is 9.83. The van der Waals surface area contributed by atoms with Crippen molar-refractivity contribution in [1.82, 2.24) is 0 Å². The largest absolute Gasteiger partial charge is 0.481 e. The van der Waals surface area contributed by atoms with Crippen LogP contribution >= 0.6 is 0 Å². The molecule has 0 aromatic heterocycles. The highest BCUT2D eigenvalue weighted by atomic mass is 16.7. The Morgan fingerprint density at radius 3 is 2.73 bits per heavy atom. The number of rotatable bonds is 10. The van der Waals surface area contributed by atoms with Crippen molar-refractivity contribution in [3.8, 4) is 0 Å². The van der Waals surface area contributed by atoms with Crippen molar-refractivity contribution in [3.05, 3.63) is 12.2 Å². The van der Waals surface area contributed by atoms with E-state index in [1.54, 1.807) is 0 Å². The molecule has 0 radical (unpaired) electrons. The van der Waals surface area contributed by atoms with E-state index in [0.29, 0.717) is 18.9 Å². The SMILES string of the molecule is CC(=O)OC1CCC(COC2CCCCO2)C1CC=CCCCC(=O)O. The molecule has 6 heteroatoms. The van der Waals surface area contributed by atoms with Crippen molar-refractivity contribution in [2.24, 2.45) is 11.8 Å². The molecule has 148 valence electrons. The van der Waals surface area contributed by atoms with Crippen molar-refractivity contribution < 1.29 is 28.9 Å². The quantitative estimate of drug-likeness (QED) is 0.360. The molecule has 1 saturated heterocycles. The Balaban J connectivity index is 1.81. The minimum Gasteiger partial charge on any atom is -0.481 e. The molecule has 1 saturated carbocycles. The molecule has 0 aromatic rings. The summed E-state index contributed by atoms with van der Waals surface area (Å²) in [7, 11) is 0. The normalized spacial score (nSPS) is 29.1. The first-order chi connectivity index (χ1) is 12.6. The highest BCUT2D eigenvalue weighted by Crippen LogP contribution is 2.37. The van der Waals surface area contributed by atoms with Crippen molar-refractivity contribution in [3.63, 3.8) is 0 Å². The van der Waals surface area contributed by atoms with Gasteiger partial charge >= 0.3 is 11.9 Å². The molecule has 2 rings (SSSR count). The van der Waals surface area contributed by atoms with Gasteiger partial charge in [-0.25, -0.2) is 0 Å². The summed E-state index contributed by atoms with van der Waals surface area (Å²) in [5.74, 6) is -0.388. The number of aliphatic carboxylic acids is 1. The molecule has 2 aliphatic rings. The average molecular weight is 368 g/mol. The Labute approximate surface area is 155 Å². The van der Waals surface area contributed by atoms with Gasteiger partial charge < -0.3 is 19.3 Å². The smallest absolute Gasteiger partial charge is 0.303 e. The van der Waals surface area contributed by atoms with Crippen LogP contribution in [0, 0.1) is 11.8 Å². The standard InChI is InChI=1S/C20H32O6/c1-15(21)26-18-12-11-16(14-25-20-10-6-7-13-24-20)17(18)8-4-2-3-5-9-19(22)23/h2,4,16-18,20H,3,5-14H2,1H3,(H,22,23). The summed E-state index contributed by atoms with van der Waals surface area (Å²) in [6, 6.07) is 0. The number of ether oxygens (including phenoxy) is 3. The maximum Gasteiger partial charge on any atom is 0.303 e. The second kappa shape index (κ2) is 11.3. The van der Waals surface area contributed by atoms with Gasteiger partial charge in [0, 0.05) is 25.9 Å². The van der Waals surface area contributed by atoms with Crippen molar-refractivity contribution in [2.75, 3.05) is 13.2 Å². The molecule has 4 unspecified atom stereocenters. The summed E-state index contributed by atoms with van der Waals surface area (Å²) in [5.41, 5.74) is 0. The van der Waals surface area contributed by atoms with Gasteiger partial charge in [0.05, 0.1) is 6.61 Å². The number of carbonyl (C=O) groups is 2. The van der Waals surface area contributed by atoms with Crippen LogP contribution in [0.3, 0.4) is 0 Å². The Morgan fingerprint density at radius 2 is 2.04 bits per heavy atom. The molecule has 2 fully saturated rings. The van der Waals surface area contributed by atoms with Crippen molar-refractivity contribution in [2.45, 2.75) is 77.1 Å². The Morgan fingerprint density at radius 1 is 1.19 bits per heavy atom. The highest BCUT2D eigenvalue weighted by Gasteiger charge is 2.37. The molecule has 1 heterocycles. The monoisotopic (exact) mass is 368 g/mol. The van der Waals surface area contributed by atoms with Crippen LogP contribution in [-0.2, 0) is 23.8 Å². The lowest BCUT2D eigenvalue weighted by atomic mass is 9.91. The van der Waals surface area contributed by atoms with Crippen LogP contribution in [0.4, 0.5) is 0 Å². The molecule has 26 heavy (non-hydrogen) atoms. The summed E-state index contributed by atoms with van der Waals surface area (Å²) >= 11 is 0. The third kappa shape index (κ3) is 7.46. The van der Waals surface area contributed by atoms with E-state index in [4.69, 9.17) is 19.3 Å². The van der Waals surface area contributed by atoms with E-state index >= 15 is 0 Å². The van der Waals surface area contributed by atoms with E-state index in [2.05, 4.69) is 6.08 Å².